The van der Waals surface area contributed by atoms with Crippen molar-refractivity contribution >= 4 is 22.4 Å². The minimum atomic E-state index is 0.130. The number of morpholine rings is 1. The van der Waals surface area contributed by atoms with Gasteiger partial charge in [-0.15, -0.1) is 10.2 Å². The van der Waals surface area contributed by atoms with E-state index in [9.17, 15) is 4.79 Å². The number of hydrogen-bond acceptors (Lipinski definition) is 6. The summed E-state index contributed by atoms with van der Waals surface area (Å²) in [5.41, 5.74) is 2.33. The lowest BCUT2D eigenvalue weighted by molar-refractivity contribution is -0.140. The number of hydrogen-bond donors (Lipinski definition) is 0. The van der Waals surface area contributed by atoms with Gasteiger partial charge in [0.1, 0.15) is 0 Å². The molecule has 140 valence electrons. The molecule has 0 spiro atoms. The number of anilines is 1. The molecule has 7 nitrogen and oxygen atoms in total. The Morgan fingerprint density at radius 2 is 1.65 bits per heavy atom. The van der Waals surface area contributed by atoms with E-state index in [1.54, 1.807) is 11.3 Å². The first kappa shape index (κ1) is 17.5. The maximum absolute atomic E-state index is 12.7. The average Bonchev–Trinajstić information content (AvgIpc) is 3.28. The summed E-state index contributed by atoms with van der Waals surface area (Å²) >= 11 is 1.62. The monoisotopic (exact) mass is 375 g/mol. The molecule has 0 unspecified atom stereocenters. The molecule has 2 fully saturated rings. The third-order valence-electron chi connectivity index (χ3n) is 5.30. The Morgan fingerprint density at radius 3 is 2.31 bits per heavy atom. The Balaban J connectivity index is 1.39. The van der Waals surface area contributed by atoms with Gasteiger partial charge in [-0.1, -0.05) is 11.3 Å². The fraction of sp³-hybridized carbons (Fsp3) is 0.611. The highest BCUT2D eigenvalue weighted by Crippen LogP contribution is 2.29. The molecule has 2 aliphatic heterocycles. The summed E-state index contributed by atoms with van der Waals surface area (Å²) in [6.07, 6.45) is 1.76. The van der Waals surface area contributed by atoms with Gasteiger partial charge in [-0.3, -0.25) is 9.36 Å². The van der Waals surface area contributed by atoms with Crippen LogP contribution in [0.25, 0.3) is 5.13 Å². The first-order valence-corrected chi connectivity index (χ1v) is 10.1. The topological polar surface area (TPSA) is 63.5 Å². The Bertz CT molecular complexity index is 753. The molecule has 4 rings (SSSR count). The van der Waals surface area contributed by atoms with E-state index in [0.29, 0.717) is 19.1 Å². The highest BCUT2D eigenvalue weighted by atomic mass is 32.1. The molecule has 0 N–H and O–H groups in total. The fourth-order valence-corrected chi connectivity index (χ4v) is 4.77. The van der Waals surface area contributed by atoms with Gasteiger partial charge in [0.2, 0.25) is 16.2 Å². The second-order valence-corrected chi connectivity index (χ2v) is 7.95. The summed E-state index contributed by atoms with van der Waals surface area (Å²) in [5.74, 6) is 0.426. The van der Waals surface area contributed by atoms with Crippen molar-refractivity contribution in [3.8, 4) is 5.13 Å². The van der Waals surface area contributed by atoms with Gasteiger partial charge in [0.25, 0.3) is 0 Å². The number of piperidine rings is 1. The molecule has 0 saturated carbocycles. The number of carbonyl (C=O) groups excluding carboxylic acids is 1. The zero-order chi connectivity index (χ0) is 18.1. The SMILES string of the molecule is Cc1ccc(C)n1-c1nnc(N2CCC(C(=O)N3CCOCC3)CC2)s1. The van der Waals surface area contributed by atoms with Crippen molar-refractivity contribution in [3.63, 3.8) is 0 Å². The van der Waals surface area contributed by atoms with Crippen LogP contribution in [-0.2, 0) is 9.53 Å². The summed E-state index contributed by atoms with van der Waals surface area (Å²) in [7, 11) is 0. The predicted octanol–water partition coefficient (Wildman–Crippen LogP) is 2.02. The fourth-order valence-electron chi connectivity index (χ4n) is 3.76. The van der Waals surface area contributed by atoms with E-state index in [4.69, 9.17) is 4.74 Å². The second kappa shape index (κ2) is 7.36. The molecule has 2 aromatic rings. The van der Waals surface area contributed by atoms with E-state index in [0.717, 1.165) is 49.3 Å². The number of nitrogens with zero attached hydrogens (tertiary/aromatic N) is 5. The van der Waals surface area contributed by atoms with Gasteiger partial charge in [0.15, 0.2) is 0 Å². The van der Waals surface area contributed by atoms with Crippen LogP contribution in [0.5, 0.6) is 0 Å². The Morgan fingerprint density at radius 1 is 1.04 bits per heavy atom. The molecule has 0 aromatic carbocycles. The van der Waals surface area contributed by atoms with Crippen molar-refractivity contribution in [3.05, 3.63) is 23.5 Å². The van der Waals surface area contributed by atoms with Crippen LogP contribution >= 0.6 is 11.3 Å². The minimum absolute atomic E-state index is 0.130. The van der Waals surface area contributed by atoms with Gasteiger partial charge in [-0.2, -0.15) is 0 Å². The van der Waals surface area contributed by atoms with Gasteiger partial charge in [-0.25, -0.2) is 0 Å². The van der Waals surface area contributed by atoms with Gasteiger partial charge in [0.05, 0.1) is 13.2 Å². The van der Waals surface area contributed by atoms with Crippen LogP contribution in [0, 0.1) is 19.8 Å². The van der Waals surface area contributed by atoms with Crippen LogP contribution in [0.15, 0.2) is 12.1 Å². The van der Waals surface area contributed by atoms with Crippen molar-refractivity contribution < 1.29 is 9.53 Å². The lowest BCUT2D eigenvalue weighted by Crippen LogP contribution is -2.46. The van der Waals surface area contributed by atoms with Gasteiger partial charge >= 0.3 is 0 Å². The van der Waals surface area contributed by atoms with E-state index < -0.39 is 0 Å². The van der Waals surface area contributed by atoms with Crippen molar-refractivity contribution in [2.75, 3.05) is 44.3 Å². The predicted molar refractivity (Wildman–Crippen MR) is 101 cm³/mol. The highest BCUT2D eigenvalue weighted by Gasteiger charge is 2.30. The summed E-state index contributed by atoms with van der Waals surface area (Å²) in [5, 5.41) is 10.6. The van der Waals surface area contributed by atoms with Crippen LogP contribution in [0.3, 0.4) is 0 Å². The van der Waals surface area contributed by atoms with E-state index >= 15 is 0 Å². The second-order valence-electron chi connectivity index (χ2n) is 7.02. The first-order chi connectivity index (χ1) is 12.6. The largest absolute Gasteiger partial charge is 0.378 e. The minimum Gasteiger partial charge on any atom is -0.378 e. The summed E-state index contributed by atoms with van der Waals surface area (Å²) in [6, 6.07) is 4.19. The average molecular weight is 375 g/mol. The number of aryl methyl sites for hydroxylation is 2. The molecule has 0 aliphatic carbocycles. The standard InChI is InChI=1S/C18H25N5O2S/c1-13-3-4-14(2)23(13)18-20-19-17(26-18)22-7-5-15(6-8-22)16(24)21-9-11-25-12-10-21/h3-4,15H,5-12H2,1-2H3. The highest BCUT2D eigenvalue weighted by molar-refractivity contribution is 7.17. The zero-order valence-corrected chi connectivity index (χ0v) is 16.2. The van der Waals surface area contributed by atoms with Crippen LogP contribution in [-0.4, -0.2) is 65.0 Å². The van der Waals surface area contributed by atoms with E-state index in [1.807, 2.05) is 4.90 Å². The zero-order valence-electron chi connectivity index (χ0n) is 15.3. The van der Waals surface area contributed by atoms with Crippen molar-refractivity contribution in [2.45, 2.75) is 26.7 Å². The normalized spacial score (nSPS) is 19.2. The maximum Gasteiger partial charge on any atom is 0.225 e. The third kappa shape index (κ3) is 3.35. The van der Waals surface area contributed by atoms with Gasteiger partial charge in [0, 0.05) is 43.5 Å². The van der Waals surface area contributed by atoms with E-state index in [1.165, 1.54) is 11.4 Å². The number of aromatic nitrogens is 3. The number of carbonyl (C=O) groups is 1. The Kier molecular flexibility index (Phi) is 4.95. The molecular formula is C18H25N5O2S. The van der Waals surface area contributed by atoms with Crippen LogP contribution < -0.4 is 4.90 Å². The number of amides is 1. The molecule has 4 heterocycles. The molecule has 8 heteroatoms. The number of rotatable bonds is 3. The van der Waals surface area contributed by atoms with Crippen LogP contribution in [0.1, 0.15) is 24.2 Å². The van der Waals surface area contributed by atoms with Crippen LogP contribution in [0.4, 0.5) is 5.13 Å². The van der Waals surface area contributed by atoms with Crippen molar-refractivity contribution in [1.29, 1.82) is 0 Å². The molecule has 0 atom stereocenters. The van der Waals surface area contributed by atoms with E-state index in [-0.39, 0.29) is 5.92 Å². The van der Waals surface area contributed by atoms with Crippen molar-refractivity contribution in [1.82, 2.24) is 19.7 Å². The van der Waals surface area contributed by atoms with Crippen LogP contribution in [0.2, 0.25) is 0 Å². The smallest absolute Gasteiger partial charge is 0.225 e. The molecule has 2 aliphatic rings. The summed E-state index contributed by atoms with van der Waals surface area (Å²) in [4.78, 5) is 16.9. The third-order valence-corrected chi connectivity index (χ3v) is 6.27. The lowest BCUT2D eigenvalue weighted by atomic mass is 9.95. The van der Waals surface area contributed by atoms with E-state index in [2.05, 4.69) is 45.6 Å². The Labute approximate surface area is 157 Å². The molecule has 2 saturated heterocycles. The lowest BCUT2D eigenvalue weighted by Gasteiger charge is -2.35. The first-order valence-electron chi connectivity index (χ1n) is 9.24. The number of ether oxygens (including phenoxy) is 1. The molecular weight excluding hydrogens is 350 g/mol. The Hall–Kier alpha value is -1.93. The quantitative estimate of drug-likeness (QED) is 0.821. The van der Waals surface area contributed by atoms with Gasteiger partial charge < -0.3 is 14.5 Å². The summed E-state index contributed by atoms with van der Waals surface area (Å²) in [6.45, 7) is 8.67. The molecule has 0 radical (unpaired) electrons. The summed E-state index contributed by atoms with van der Waals surface area (Å²) < 4.78 is 7.48. The molecule has 2 aromatic heterocycles. The van der Waals surface area contributed by atoms with Crippen molar-refractivity contribution in [2.24, 2.45) is 5.92 Å². The molecule has 1 amide bonds. The van der Waals surface area contributed by atoms with Gasteiger partial charge in [-0.05, 0) is 38.8 Å². The molecule has 26 heavy (non-hydrogen) atoms. The molecule has 0 bridgehead atoms. The maximum atomic E-state index is 12.7.